The first-order chi connectivity index (χ1) is 10.9. The summed E-state index contributed by atoms with van der Waals surface area (Å²) in [6, 6.07) is 7.61. The van der Waals surface area contributed by atoms with Crippen molar-refractivity contribution in [2.75, 3.05) is 0 Å². The fourth-order valence-corrected chi connectivity index (χ4v) is 2.76. The molecule has 1 heterocycles. The number of thiazole rings is 1. The normalized spacial score (nSPS) is 12.2. The van der Waals surface area contributed by atoms with Crippen molar-refractivity contribution >= 4 is 23.2 Å². The van der Waals surface area contributed by atoms with Gasteiger partial charge >= 0.3 is 5.97 Å². The monoisotopic (exact) mass is 332 g/mol. The van der Waals surface area contributed by atoms with Gasteiger partial charge in [0.15, 0.2) is 5.69 Å². The lowest BCUT2D eigenvalue weighted by Crippen LogP contribution is -2.31. The Morgan fingerprint density at radius 1 is 1.30 bits per heavy atom. The zero-order valence-electron chi connectivity index (χ0n) is 13.4. The maximum absolute atomic E-state index is 12.0. The molecule has 0 aliphatic carbocycles. The number of hydrogen-bond acceptors (Lipinski definition) is 4. The van der Waals surface area contributed by atoms with Gasteiger partial charge in [-0.1, -0.05) is 39.0 Å². The van der Waals surface area contributed by atoms with E-state index in [2.05, 4.69) is 10.3 Å². The predicted octanol–water partition coefficient (Wildman–Crippen LogP) is 3.42. The van der Waals surface area contributed by atoms with Gasteiger partial charge in [-0.15, -0.1) is 11.3 Å². The van der Waals surface area contributed by atoms with Crippen LogP contribution in [0.25, 0.3) is 10.6 Å². The molecule has 0 aliphatic heterocycles. The molecule has 0 saturated heterocycles. The highest BCUT2D eigenvalue weighted by molar-refractivity contribution is 7.13. The van der Waals surface area contributed by atoms with Crippen LogP contribution in [0.5, 0.6) is 0 Å². The molecule has 1 atom stereocenters. The van der Waals surface area contributed by atoms with Crippen LogP contribution >= 0.6 is 11.3 Å². The molecule has 23 heavy (non-hydrogen) atoms. The number of amides is 1. The van der Waals surface area contributed by atoms with E-state index in [1.54, 1.807) is 0 Å². The maximum atomic E-state index is 12.0. The van der Waals surface area contributed by atoms with Crippen molar-refractivity contribution < 1.29 is 14.7 Å². The summed E-state index contributed by atoms with van der Waals surface area (Å²) >= 11 is 1.29. The predicted molar refractivity (Wildman–Crippen MR) is 90.4 cm³/mol. The summed E-state index contributed by atoms with van der Waals surface area (Å²) in [5.41, 5.74) is 1.86. The van der Waals surface area contributed by atoms with Gasteiger partial charge < -0.3 is 10.4 Å². The number of nitrogens with one attached hydrogen (secondary N) is 1. The van der Waals surface area contributed by atoms with Gasteiger partial charge in [-0.2, -0.15) is 0 Å². The second-order valence-electron chi connectivity index (χ2n) is 5.79. The molecule has 0 fully saturated rings. The van der Waals surface area contributed by atoms with Crippen LogP contribution in [0.3, 0.4) is 0 Å². The van der Waals surface area contributed by atoms with Crippen molar-refractivity contribution in [3.8, 4) is 10.6 Å². The van der Waals surface area contributed by atoms with Crippen LogP contribution in [0.15, 0.2) is 29.6 Å². The van der Waals surface area contributed by atoms with Gasteiger partial charge in [0.2, 0.25) is 5.91 Å². The third kappa shape index (κ3) is 4.39. The first-order valence-corrected chi connectivity index (χ1v) is 8.32. The Balaban J connectivity index is 2.07. The molecule has 1 aromatic heterocycles. The Morgan fingerprint density at radius 3 is 2.65 bits per heavy atom. The van der Waals surface area contributed by atoms with Gasteiger partial charge in [0, 0.05) is 23.4 Å². The zero-order valence-corrected chi connectivity index (χ0v) is 14.2. The van der Waals surface area contributed by atoms with Crippen molar-refractivity contribution in [2.45, 2.75) is 27.3 Å². The average molecular weight is 332 g/mol. The third-order valence-electron chi connectivity index (χ3n) is 3.78. The number of hydrogen-bond donors (Lipinski definition) is 2. The molecular formula is C17H20N2O3S. The standard InChI is InChI=1S/C17H20N2O3S/c1-10(2)11(3)15(20)18-8-12-5-4-6-13(7-12)16-19-14(9-23-16)17(21)22/h4-7,9-11H,8H2,1-3H3,(H,18,20)(H,21,22). The van der Waals surface area contributed by atoms with Crippen molar-refractivity contribution in [2.24, 2.45) is 11.8 Å². The Labute approximate surface area is 139 Å². The van der Waals surface area contributed by atoms with E-state index in [1.807, 2.05) is 45.0 Å². The lowest BCUT2D eigenvalue weighted by molar-refractivity contribution is -0.125. The molecule has 0 spiro atoms. The first-order valence-electron chi connectivity index (χ1n) is 7.44. The maximum Gasteiger partial charge on any atom is 0.355 e. The second-order valence-corrected chi connectivity index (χ2v) is 6.65. The Bertz CT molecular complexity index is 709. The van der Waals surface area contributed by atoms with Crippen molar-refractivity contribution in [1.82, 2.24) is 10.3 Å². The molecule has 1 unspecified atom stereocenters. The fourth-order valence-electron chi connectivity index (χ4n) is 1.97. The summed E-state index contributed by atoms with van der Waals surface area (Å²) in [5.74, 6) is -0.729. The summed E-state index contributed by atoms with van der Waals surface area (Å²) < 4.78 is 0. The zero-order chi connectivity index (χ0) is 17.0. The van der Waals surface area contributed by atoms with Crippen LogP contribution in [-0.4, -0.2) is 22.0 Å². The van der Waals surface area contributed by atoms with Gasteiger partial charge in [-0.25, -0.2) is 9.78 Å². The number of carbonyl (C=O) groups is 2. The van der Waals surface area contributed by atoms with E-state index in [4.69, 9.17) is 5.11 Å². The number of benzene rings is 1. The largest absolute Gasteiger partial charge is 0.476 e. The SMILES string of the molecule is CC(C)C(C)C(=O)NCc1cccc(-c2nc(C(=O)O)cs2)c1. The quantitative estimate of drug-likeness (QED) is 0.849. The summed E-state index contributed by atoms with van der Waals surface area (Å²) in [6.45, 7) is 6.40. The molecule has 0 radical (unpaired) electrons. The molecule has 122 valence electrons. The number of carbonyl (C=O) groups excluding carboxylic acids is 1. The van der Waals surface area contributed by atoms with Crippen LogP contribution in [0.1, 0.15) is 36.8 Å². The minimum absolute atomic E-state index is 0.0322. The Hall–Kier alpha value is -2.21. The highest BCUT2D eigenvalue weighted by Crippen LogP contribution is 2.24. The van der Waals surface area contributed by atoms with Crippen LogP contribution in [0, 0.1) is 11.8 Å². The highest BCUT2D eigenvalue weighted by atomic mass is 32.1. The lowest BCUT2D eigenvalue weighted by Gasteiger charge is -2.15. The van der Waals surface area contributed by atoms with Crippen molar-refractivity contribution in [3.63, 3.8) is 0 Å². The van der Waals surface area contributed by atoms with E-state index in [1.165, 1.54) is 16.7 Å². The van der Waals surface area contributed by atoms with E-state index >= 15 is 0 Å². The number of nitrogens with zero attached hydrogens (tertiary/aromatic N) is 1. The number of aromatic carboxylic acids is 1. The molecular weight excluding hydrogens is 312 g/mol. The summed E-state index contributed by atoms with van der Waals surface area (Å²) in [6.07, 6.45) is 0. The molecule has 2 aromatic rings. The number of carboxylic acid groups (broad SMARTS) is 1. The summed E-state index contributed by atoms with van der Waals surface area (Å²) in [7, 11) is 0. The Kier molecular flexibility index (Phi) is 5.50. The van der Waals surface area contributed by atoms with Gasteiger partial charge in [-0.05, 0) is 17.5 Å². The summed E-state index contributed by atoms with van der Waals surface area (Å²) in [4.78, 5) is 27.0. The van der Waals surface area contributed by atoms with E-state index in [0.29, 0.717) is 17.5 Å². The minimum Gasteiger partial charge on any atom is -0.476 e. The van der Waals surface area contributed by atoms with E-state index in [0.717, 1.165) is 11.1 Å². The number of aromatic nitrogens is 1. The van der Waals surface area contributed by atoms with Gasteiger partial charge in [0.05, 0.1) is 0 Å². The second kappa shape index (κ2) is 7.37. The molecule has 0 saturated carbocycles. The van der Waals surface area contributed by atoms with Crippen molar-refractivity contribution in [1.29, 1.82) is 0 Å². The van der Waals surface area contributed by atoms with E-state index in [9.17, 15) is 9.59 Å². The molecule has 1 amide bonds. The molecule has 0 bridgehead atoms. The molecule has 1 aromatic carbocycles. The molecule has 6 heteroatoms. The van der Waals surface area contributed by atoms with Crippen molar-refractivity contribution in [3.05, 3.63) is 40.9 Å². The average Bonchev–Trinajstić information content (AvgIpc) is 3.02. The smallest absolute Gasteiger partial charge is 0.355 e. The van der Waals surface area contributed by atoms with Crippen LogP contribution < -0.4 is 5.32 Å². The van der Waals surface area contributed by atoms with Crippen LogP contribution in [0.2, 0.25) is 0 Å². The van der Waals surface area contributed by atoms with Crippen LogP contribution in [0.4, 0.5) is 0 Å². The highest BCUT2D eigenvalue weighted by Gasteiger charge is 2.16. The third-order valence-corrected chi connectivity index (χ3v) is 4.67. The van der Waals surface area contributed by atoms with Gasteiger partial charge in [0.1, 0.15) is 5.01 Å². The minimum atomic E-state index is -1.03. The molecule has 5 nitrogen and oxygen atoms in total. The molecule has 2 rings (SSSR count). The van der Waals surface area contributed by atoms with E-state index < -0.39 is 5.97 Å². The van der Waals surface area contributed by atoms with Gasteiger partial charge in [-0.3, -0.25) is 4.79 Å². The fraction of sp³-hybridized carbons (Fsp3) is 0.353. The lowest BCUT2D eigenvalue weighted by atomic mass is 9.97. The van der Waals surface area contributed by atoms with Crippen LogP contribution in [-0.2, 0) is 11.3 Å². The number of rotatable bonds is 6. The number of carboxylic acids is 1. The molecule has 2 N–H and O–H groups in total. The van der Waals surface area contributed by atoms with Gasteiger partial charge in [0.25, 0.3) is 0 Å². The molecule has 0 aliphatic rings. The van der Waals surface area contributed by atoms with E-state index in [-0.39, 0.29) is 17.5 Å². The summed E-state index contributed by atoms with van der Waals surface area (Å²) in [5, 5.41) is 14.1. The Morgan fingerprint density at radius 2 is 2.04 bits per heavy atom. The first kappa shape index (κ1) is 17.1. The topological polar surface area (TPSA) is 79.3 Å².